The third-order valence-corrected chi connectivity index (χ3v) is 3.62. The number of carbonyl (C=O) groups excluding carboxylic acids is 1. The Morgan fingerprint density at radius 2 is 2.11 bits per heavy atom. The molecule has 1 atom stereocenters. The molecular formula is C14H21N3O. The van der Waals surface area contributed by atoms with Crippen molar-refractivity contribution in [2.24, 2.45) is 5.73 Å². The maximum absolute atomic E-state index is 12.1. The number of nitrogens with two attached hydrogens (primary N) is 1. The van der Waals surface area contributed by atoms with E-state index in [9.17, 15) is 4.79 Å². The Bertz CT molecular complexity index is 458. The molecule has 1 aliphatic rings. The normalized spacial score (nSPS) is 21.4. The number of hydrogen-bond acceptors (Lipinski definition) is 3. The van der Waals surface area contributed by atoms with Gasteiger partial charge in [-0.25, -0.2) is 0 Å². The van der Waals surface area contributed by atoms with Gasteiger partial charge in [0.2, 0.25) is 5.91 Å². The van der Waals surface area contributed by atoms with Crippen LogP contribution in [0.1, 0.15) is 11.1 Å². The monoisotopic (exact) mass is 247 g/mol. The van der Waals surface area contributed by atoms with Gasteiger partial charge in [-0.2, -0.15) is 0 Å². The van der Waals surface area contributed by atoms with E-state index in [0.29, 0.717) is 19.6 Å². The fourth-order valence-corrected chi connectivity index (χ4v) is 2.48. The Morgan fingerprint density at radius 3 is 2.72 bits per heavy atom. The molecule has 1 fully saturated rings. The van der Waals surface area contributed by atoms with Crippen LogP contribution in [-0.2, 0) is 4.79 Å². The number of benzene rings is 1. The highest BCUT2D eigenvalue weighted by molar-refractivity contribution is 5.96. The van der Waals surface area contributed by atoms with Crippen molar-refractivity contribution in [2.45, 2.75) is 19.9 Å². The molecule has 18 heavy (non-hydrogen) atoms. The molecule has 2 N–H and O–H groups in total. The van der Waals surface area contributed by atoms with Crippen LogP contribution in [0.2, 0.25) is 0 Å². The minimum atomic E-state index is 0.147. The molecule has 1 aromatic rings. The van der Waals surface area contributed by atoms with Crippen LogP contribution < -0.4 is 10.6 Å². The summed E-state index contributed by atoms with van der Waals surface area (Å²) in [6.07, 6.45) is 0. The lowest BCUT2D eigenvalue weighted by atomic mass is 10.1. The van der Waals surface area contributed by atoms with Crippen molar-refractivity contribution in [1.29, 1.82) is 0 Å². The summed E-state index contributed by atoms with van der Waals surface area (Å²) in [7, 11) is 1.95. The van der Waals surface area contributed by atoms with Gasteiger partial charge in [-0.3, -0.25) is 9.69 Å². The first-order valence-corrected chi connectivity index (χ1v) is 6.31. The standard InChI is InChI=1S/C14H21N3O/c1-10-4-5-13(11(2)6-10)17-8-12(7-15)16(3)9-14(17)18/h4-6,12H,7-9,15H2,1-3H3. The van der Waals surface area contributed by atoms with Crippen LogP contribution in [0, 0.1) is 13.8 Å². The van der Waals surface area contributed by atoms with E-state index < -0.39 is 0 Å². The number of rotatable bonds is 2. The van der Waals surface area contributed by atoms with E-state index >= 15 is 0 Å². The van der Waals surface area contributed by atoms with Gasteiger partial charge in [0.25, 0.3) is 0 Å². The SMILES string of the molecule is Cc1ccc(N2CC(CN)N(C)CC2=O)c(C)c1. The molecule has 0 saturated carbocycles. The lowest BCUT2D eigenvalue weighted by Crippen LogP contribution is -2.57. The van der Waals surface area contributed by atoms with Crippen LogP contribution in [0.5, 0.6) is 0 Å². The van der Waals surface area contributed by atoms with Crippen molar-refractivity contribution in [3.63, 3.8) is 0 Å². The van der Waals surface area contributed by atoms with Crippen molar-refractivity contribution >= 4 is 11.6 Å². The summed E-state index contributed by atoms with van der Waals surface area (Å²) in [5.74, 6) is 0.147. The summed E-state index contributed by atoms with van der Waals surface area (Å²) < 4.78 is 0. The minimum absolute atomic E-state index is 0.147. The van der Waals surface area contributed by atoms with Crippen LogP contribution in [-0.4, -0.2) is 43.5 Å². The summed E-state index contributed by atoms with van der Waals surface area (Å²) in [4.78, 5) is 16.0. The molecule has 0 radical (unpaired) electrons. The second kappa shape index (κ2) is 5.08. The van der Waals surface area contributed by atoms with Crippen LogP contribution in [0.15, 0.2) is 18.2 Å². The predicted octanol–water partition coefficient (Wildman–Crippen LogP) is 0.909. The summed E-state index contributed by atoms with van der Waals surface area (Å²) >= 11 is 0. The van der Waals surface area contributed by atoms with Crippen molar-refractivity contribution in [3.8, 4) is 0 Å². The van der Waals surface area contributed by atoms with Gasteiger partial charge in [-0.15, -0.1) is 0 Å². The molecule has 1 unspecified atom stereocenters. The molecule has 98 valence electrons. The summed E-state index contributed by atoms with van der Waals surface area (Å²) in [6, 6.07) is 6.43. The average Bonchev–Trinajstić information content (AvgIpc) is 2.30. The average molecular weight is 247 g/mol. The lowest BCUT2D eigenvalue weighted by molar-refractivity contribution is -0.121. The Labute approximate surface area is 108 Å². The molecule has 0 aliphatic carbocycles. The molecule has 4 heteroatoms. The zero-order valence-corrected chi connectivity index (χ0v) is 11.3. The first-order chi connectivity index (χ1) is 8.52. The number of aryl methyl sites for hydroxylation is 2. The molecule has 1 heterocycles. The van der Waals surface area contributed by atoms with E-state index in [1.54, 1.807) is 0 Å². The molecular weight excluding hydrogens is 226 g/mol. The molecule has 1 saturated heterocycles. The van der Waals surface area contributed by atoms with Crippen LogP contribution in [0.4, 0.5) is 5.69 Å². The van der Waals surface area contributed by atoms with Gasteiger partial charge in [0.15, 0.2) is 0 Å². The van der Waals surface area contributed by atoms with Crippen molar-refractivity contribution in [2.75, 3.05) is 31.6 Å². The third-order valence-electron chi connectivity index (χ3n) is 3.62. The van der Waals surface area contributed by atoms with Gasteiger partial charge in [0, 0.05) is 24.8 Å². The molecule has 1 aromatic carbocycles. The molecule has 0 aromatic heterocycles. The number of anilines is 1. The molecule has 4 nitrogen and oxygen atoms in total. The number of piperazine rings is 1. The van der Waals surface area contributed by atoms with E-state index in [4.69, 9.17) is 5.73 Å². The van der Waals surface area contributed by atoms with E-state index in [0.717, 1.165) is 11.3 Å². The Balaban J connectivity index is 2.29. The zero-order valence-electron chi connectivity index (χ0n) is 11.3. The maximum atomic E-state index is 12.1. The largest absolute Gasteiger partial charge is 0.329 e. The number of carbonyl (C=O) groups is 1. The molecule has 1 aliphatic heterocycles. The van der Waals surface area contributed by atoms with E-state index in [1.165, 1.54) is 5.56 Å². The van der Waals surface area contributed by atoms with Gasteiger partial charge in [-0.1, -0.05) is 17.7 Å². The highest BCUT2D eigenvalue weighted by Crippen LogP contribution is 2.24. The van der Waals surface area contributed by atoms with Gasteiger partial charge >= 0.3 is 0 Å². The van der Waals surface area contributed by atoms with E-state index in [1.807, 2.05) is 35.9 Å². The molecule has 0 spiro atoms. The van der Waals surface area contributed by atoms with Gasteiger partial charge < -0.3 is 10.6 Å². The van der Waals surface area contributed by atoms with E-state index in [-0.39, 0.29) is 11.9 Å². The van der Waals surface area contributed by atoms with Gasteiger partial charge in [0.1, 0.15) is 0 Å². The highest BCUT2D eigenvalue weighted by atomic mass is 16.2. The minimum Gasteiger partial charge on any atom is -0.329 e. The number of hydrogen-bond donors (Lipinski definition) is 1. The Kier molecular flexibility index (Phi) is 3.68. The highest BCUT2D eigenvalue weighted by Gasteiger charge is 2.30. The van der Waals surface area contributed by atoms with Crippen molar-refractivity contribution in [1.82, 2.24) is 4.90 Å². The van der Waals surface area contributed by atoms with Gasteiger partial charge in [0.05, 0.1) is 6.54 Å². The molecule has 1 amide bonds. The number of likely N-dealkylation sites (N-methyl/N-ethyl adjacent to an activating group) is 1. The number of amides is 1. The lowest BCUT2D eigenvalue weighted by Gasteiger charge is -2.39. The van der Waals surface area contributed by atoms with Crippen molar-refractivity contribution in [3.05, 3.63) is 29.3 Å². The molecule has 0 bridgehead atoms. The predicted molar refractivity (Wildman–Crippen MR) is 73.7 cm³/mol. The second-order valence-electron chi connectivity index (χ2n) is 5.10. The second-order valence-corrected chi connectivity index (χ2v) is 5.10. The Hall–Kier alpha value is -1.39. The number of nitrogens with zero attached hydrogens (tertiary/aromatic N) is 2. The first-order valence-electron chi connectivity index (χ1n) is 6.31. The fraction of sp³-hybridized carbons (Fsp3) is 0.500. The van der Waals surface area contributed by atoms with E-state index in [2.05, 4.69) is 13.0 Å². The smallest absolute Gasteiger partial charge is 0.241 e. The molecule has 2 rings (SSSR count). The Morgan fingerprint density at radius 1 is 1.39 bits per heavy atom. The van der Waals surface area contributed by atoms with Crippen LogP contribution in [0.25, 0.3) is 0 Å². The zero-order chi connectivity index (χ0) is 13.3. The first kappa shape index (κ1) is 13.1. The summed E-state index contributed by atoms with van der Waals surface area (Å²) in [5.41, 5.74) is 9.13. The van der Waals surface area contributed by atoms with Gasteiger partial charge in [-0.05, 0) is 32.5 Å². The topological polar surface area (TPSA) is 49.6 Å². The van der Waals surface area contributed by atoms with Crippen molar-refractivity contribution < 1.29 is 4.79 Å². The maximum Gasteiger partial charge on any atom is 0.241 e. The third kappa shape index (κ3) is 2.40. The fourth-order valence-electron chi connectivity index (χ4n) is 2.48. The summed E-state index contributed by atoms with van der Waals surface area (Å²) in [6.45, 7) is 5.80. The summed E-state index contributed by atoms with van der Waals surface area (Å²) in [5, 5.41) is 0. The van der Waals surface area contributed by atoms with Crippen LogP contribution >= 0.6 is 0 Å². The van der Waals surface area contributed by atoms with Crippen LogP contribution in [0.3, 0.4) is 0 Å². The quantitative estimate of drug-likeness (QED) is 0.845.